The fourth-order valence-corrected chi connectivity index (χ4v) is 2.53. The molecule has 0 atom stereocenters. The Morgan fingerprint density at radius 1 is 0.390 bits per heavy atom. The van der Waals surface area contributed by atoms with Crippen LogP contribution in [0.3, 0.4) is 0 Å². The third-order valence-corrected chi connectivity index (χ3v) is 4.53. The lowest BCUT2D eigenvalue weighted by atomic mass is 9.82. The van der Waals surface area contributed by atoms with Crippen LogP contribution in [0.1, 0.15) is 0 Å². The maximum absolute atomic E-state index is 13.9. The highest BCUT2D eigenvalue weighted by Crippen LogP contribution is 2.67. The van der Waals surface area contributed by atoms with Crippen LogP contribution in [0.15, 0.2) is 11.1 Å². The normalized spacial score (nSPS) is 17.0. The highest BCUT2D eigenvalue weighted by molar-refractivity contribution is 5.89. The van der Waals surface area contributed by atoms with Gasteiger partial charge in [-0.05, 0) is 0 Å². The molecule has 0 amide bonds. The van der Waals surface area contributed by atoms with Gasteiger partial charge in [0.15, 0.2) is 5.57 Å². The highest BCUT2D eigenvalue weighted by atomic mass is 19.4. The van der Waals surface area contributed by atoms with E-state index in [1.54, 1.807) is 0 Å². The summed E-state index contributed by atoms with van der Waals surface area (Å²) in [5.41, 5.74) is -20.0. The minimum absolute atomic E-state index is 4.45. The van der Waals surface area contributed by atoms with Crippen molar-refractivity contribution in [2.24, 2.45) is 0 Å². The summed E-state index contributed by atoms with van der Waals surface area (Å²) in [7, 11) is 0. The van der Waals surface area contributed by atoms with Crippen molar-refractivity contribution < 1.29 is 120 Å². The molecule has 0 fully saturated rings. The number of alkyl halides is 25. The Balaban J connectivity index is 7.89. The van der Waals surface area contributed by atoms with Gasteiger partial charge in [-0.3, -0.25) is 0 Å². The summed E-state index contributed by atoms with van der Waals surface area (Å²) in [4.78, 5) is 10.4. The Kier molecular flexibility index (Phi) is 8.90. The summed E-state index contributed by atoms with van der Waals surface area (Å²) in [6, 6.07) is 0. The Hall–Kier alpha value is -2.54. The lowest BCUT2D eigenvalue weighted by molar-refractivity contribution is -0.471. The third kappa shape index (κ3) is 5.17. The molecular formula is C14HF25O2. The summed E-state index contributed by atoms with van der Waals surface area (Å²) in [5.74, 6) is -61.3. The predicted molar refractivity (Wildman–Crippen MR) is 72.4 cm³/mol. The first-order valence-corrected chi connectivity index (χ1v) is 8.40. The molecule has 41 heavy (non-hydrogen) atoms. The van der Waals surface area contributed by atoms with Crippen LogP contribution in [-0.4, -0.2) is 77.0 Å². The van der Waals surface area contributed by atoms with Crippen LogP contribution in [0.2, 0.25) is 0 Å². The zero-order valence-electron chi connectivity index (χ0n) is 17.3. The number of hydrogen-bond donors (Lipinski definition) is 1. The van der Waals surface area contributed by atoms with Crippen LogP contribution in [0.5, 0.6) is 0 Å². The number of allylic oxidation sites excluding steroid dienone is 1. The smallest absolute Gasteiger partial charge is 0.438 e. The molecule has 0 aromatic heterocycles. The fourth-order valence-electron chi connectivity index (χ4n) is 2.53. The number of halogens is 25. The molecule has 244 valence electrons. The van der Waals surface area contributed by atoms with Gasteiger partial charge in [0.25, 0.3) is 0 Å². The van der Waals surface area contributed by atoms with Crippen molar-refractivity contribution in [1.82, 2.24) is 0 Å². The Labute approximate surface area is 204 Å². The van der Waals surface area contributed by atoms with Crippen molar-refractivity contribution in [3.63, 3.8) is 0 Å². The van der Waals surface area contributed by atoms with Crippen LogP contribution in [0, 0.1) is 0 Å². The minimum atomic E-state index is -9.68. The molecule has 1 N–H and O–H groups in total. The highest BCUT2D eigenvalue weighted by Gasteiger charge is 2.98. The van der Waals surface area contributed by atoms with Crippen molar-refractivity contribution in [3.8, 4) is 0 Å². The summed E-state index contributed by atoms with van der Waals surface area (Å²) in [6.45, 7) is 0. The first-order valence-electron chi connectivity index (χ1n) is 8.40. The zero-order chi connectivity index (χ0) is 34.2. The first kappa shape index (κ1) is 38.5. The monoisotopic (exact) mass is 676 g/mol. The molecule has 0 bridgehead atoms. The minimum Gasteiger partial charge on any atom is -0.478 e. The standard InChI is InChI=1S/C14HF25O2/c15-4(16,2(6(20,21)22)1(3(40)41)5(17,18)19)8(24,25)10(28,29)12(32,33)11(30,31)9(26,27)7(23,13(34,35)36)14(37,38)39/h(H,40,41). The van der Waals surface area contributed by atoms with Crippen LogP contribution >= 0.6 is 0 Å². The van der Waals surface area contributed by atoms with E-state index in [0.29, 0.717) is 0 Å². The van der Waals surface area contributed by atoms with Crippen molar-refractivity contribution in [2.45, 2.75) is 65.9 Å². The van der Waals surface area contributed by atoms with E-state index in [2.05, 4.69) is 0 Å². The predicted octanol–water partition coefficient (Wildman–Crippen LogP) is 8.14. The van der Waals surface area contributed by atoms with E-state index in [1.165, 1.54) is 0 Å². The van der Waals surface area contributed by atoms with Crippen molar-refractivity contribution in [3.05, 3.63) is 11.1 Å². The molecule has 0 rings (SSSR count). The van der Waals surface area contributed by atoms with Gasteiger partial charge in [-0.1, -0.05) is 0 Å². The van der Waals surface area contributed by atoms with Gasteiger partial charge in [0.1, 0.15) is 5.57 Å². The summed E-state index contributed by atoms with van der Waals surface area (Å²) in [6.07, 6.45) is -32.8. The fraction of sp³-hybridized carbons (Fsp3) is 0.786. The van der Waals surface area contributed by atoms with Crippen molar-refractivity contribution in [1.29, 1.82) is 0 Å². The topological polar surface area (TPSA) is 37.3 Å². The van der Waals surface area contributed by atoms with E-state index in [0.717, 1.165) is 0 Å². The maximum atomic E-state index is 13.9. The number of carboxylic acids is 1. The van der Waals surface area contributed by atoms with E-state index in [-0.39, 0.29) is 0 Å². The third-order valence-electron chi connectivity index (χ3n) is 4.53. The molecule has 0 radical (unpaired) electrons. The Bertz CT molecular complexity index is 1020. The van der Waals surface area contributed by atoms with Crippen LogP contribution in [-0.2, 0) is 4.79 Å². The SMILES string of the molecule is O=C(O)C(=C(C(F)(F)F)C(F)(F)C(F)(F)C(F)(F)C(F)(F)C(F)(F)C(F)(F)C(F)(C(F)(F)F)C(F)(F)F)C(F)(F)F. The quantitative estimate of drug-likeness (QED) is 0.208. The van der Waals surface area contributed by atoms with Crippen LogP contribution in [0.4, 0.5) is 110 Å². The second kappa shape index (κ2) is 9.48. The van der Waals surface area contributed by atoms with Crippen molar-refractivity contribution >= 4 is 5.97 Å². The van der Waals surface area contributed by atoms with E-state index < -0.39 is 83.0 Å². The molecule has 0 heterocycles. The van der Waals surface area contributed by atoms with Gasteiger partial charge in [-0.15, -0.1) is 0 Å². The Morgan fingerprint density at radius 2 is 0.659 bits per heavy atom. The van der Waals surface area contributed by atoms with E-state index >= 15 is 0 Å². The molecule has 0 unspecified atom stereocenters. The lowest BCUT2D eigenvalue weighted by Crippen LogP contribution is -2.78. The molecule has 0 aliphatic carbocycles. The first-order chi connectivity index (χ1) is 17.2. The summed E-state index contributed by atoms with van der Waals surface area (Å²) >= 11 is 0. The molecule has 0 aliphatic rings. The van der Waals surface area contributed by atoms with E-state index in [9.17, 15) is 115 Å². The molecule has 0 aromatic rings. The van der Waals surface area contributed by atoms with Gasteiger partial charge in [-0.25, -0.2) is 9.18 Å². The second-order valence-corrected chi connectivity index (χ2v) is 7.15. The van der Waals surface area contributed by atoms with Crippen molar-refractivity contribution in [2.75, 3.05) is 0 Å². The van der Waals surface area contributed by atoms with Gasteiger partial charge in [0.05, 0.1) is 0 Å². The Morgan fingerprint density at radius 3 is 0.878 bits per heavy atom. The second-order valence-electron chi connectivity index (χ2n) is 7.15. The van der Waals surface area contributed by atoms with Crippen LogP contribution < -0.4 is 0 Å². The molecule has 27 heteroatoms. The lowest BCUT2D eigenvalue weighted by Gasteiger charge is -2.45. The molecule has 0 spiro atoms. The molecule has 2 nitrogen and oxygen atoms in total. The van der Waals surface area contributed by atoms with Gasteiger partial charge >= 0.3 is 71.9 Å². The van der Waals surface area contributed by atoms with Gasteiger partial charge in [0, 0.05) is 0 Å². The summed E-state index contributed by atoms with van der Waals surface area (Å²) in [5, 5.41) is 8.05. The summed E-state index contributed by atoms with van der Waals surface area (Å²) < 4.78 is 327. The number of hydrogen-bond acceptors (Lipinski definition) is 1. The van der Waals surface area contributed by atoms with Crippen LogP contribution in [0.25, 0.3) is 0 Å². The van der Waals surface area contributed by atoms with E-state index in [4.69, 9.17) is 5.11 Å². The molecular weight excluding hydrogens is 675 g/mol. The number of carboxylic acid groups (broad SMARTS) is 1. The molecule has 0 saturated carbocycles. The average Bonchev–Trinajstić information content (AvgIpc) is 2.66. The molecule has 0 aliphatic heterocycles. The number of rotatable bonds is 8. The maximum Gasteiger partial charge on any atom is 0.438 e. The number of aliphatic carboxylic acids is 1. The van der Waals surface area contributed by atoms with Gasteiger partial charge in [-0.2, -0.15) is 105 Å². The largest absolute Gasteiger partial charge is 0.478 e. The van der Waals surface area contributed by atoms with E-state index in [1.807, 2.05) is 0 Å². The zero-order valence-corrected chi connectivity index (χ0v) is 17.3. The van der Waals surface area contributed by atoms with Gasteiger partial charge in [0.2, 0.25) is 0 Å². The molecule has 0 saturated heterocycles. The average molecular weight is 676 g/mol. The van der Waals surface area contributed by atoms with Gasteiger partial charge < -0.3 is 5.11 Å². The molecule has 0 aromatic carbocycles. The number of carbonyl (C=O) groups is 1.